The van der Waals surface area contributed by atoms with Crippen LogP contribution in [0.3, 0.4) is 0 Å². The molecule has 1 aromatic carbocycles. The molecular weight excluding hydrogens is 342 g/mol. The molecule has 0 fully saturated rings. The van der Waals surface area contributed by atoms with Gasteiger partial charge >= 0.3 is 0 Å². The molecule has 0 aliphatic heterocycles. The van der Waals surface area contributed by atoms with E-state index in [1.54, 1.807) is 7.11 Å². The number of aryl methyl sites for hydroxylation is 3. The molecular formula is C20H21N5O2. The van der Waals surface area contributed by atoms with Crippen LogP contribution < -0.4 is 10.1 Å². The number of anilines is 1. The lowest BCUT2D eigenvalue weighted by Crippen LogP contribution is -2.07. The fourth-order valence-electron chi connectivity index (χ4n) is 2.94. The van der Waals surface area contributed by atoms with Crippen molar-refractivity contribution in [2.24, 2.45) is 0 Å². The summed E-state index contributed by atoms with van der Waals surface area (Å²) in [6.45, 7) is 6.52. The molecule has 0 unspecified atom stereocenters. The number of hydrogen-bond acceptors (Lipinski definition) is 6. The molecule has 138 valence electrons. The second-order valence-electron chi connectivity index (χ2n) is 6.49. The number of hydrogen-bond donors (Lipinski definition) is 1. The van der Waals surface area contributed by atoms with Crippen LogP contribution >= 0.6 is 0 Å². The van der Waals surface area contributed by atoms with Gasteiger partial charge in [0.1, 0.15) is 17.3 Å². The largest absolute Gasteiger partial charge is 0.497 e. The highest BCUT2D eigenvalue weighted by molar-refractivity contribution is 5.59. The number of nitrogens with zero attached hydrogens (tertiary/aromatic N) is 4. The number of fused-ring (bicyclic) bond motifs is 1. The van der Waals surface area contributed by atoms with Gasteiger partial charge in [-0.3, -0.25) is 0 Å². The molecule has 0 amide bonds. The van der Waals surface area contributed by atoms with Crippen molar-refractivity contribution in [3.05, 3.63) is 59.0 Å². The van der Waals surface area contributed by atoms with Gasteiger partial charge < -0.3 is 14.6 Å². The van der Waals surface area contributed by atoms with Gasteiger partial charge in [-0.25, -0.2) is 4.98 Å². The van der Waals surface area contributed by atoms with E-state index in [-0.39, 0.29) is 0 Å². The van der Waals surface area contributed by atoms with E-state index in [4.69, 9.17) is 9.26 Å². The zero-order valence-electron chi connectivity index (χ0n) is 15.8. The molecule has 0 saturated carbocycles. The third-order valence-corrected chi connectivity index (χ3v) is 4.57. The maximum atomic E-state index is 5.48. The molecule has 0 spiro atoms. The van der Waals surface area contributed by atoms with Crippen LogP contribution in [-0.4, -0.2) is 26.9 Å². The van der Waals surface area contributed by atoms with E-state index < -0.39 is 0 Å². The van der Waals surface area contributed by atoms with Gasteiger partial charge in [0.15, 0.2) is 11.4 Å². The molecule has 0 bridgehead atoms. The summed E-state index contributed by atoms with van der Waals surface area (Å²) in [6, 6.07) is 11.6. The molecule has 0 radical (unpaired) electrons. The number of nitrogens with one attached hydrogen (secondary N) is 1. The average Bonchev–Trinajstić information content (AvgIpc) is 3.26. The lowest BCUT2D eigenvalue weighted by atomic mass is 10.1. The molecule has 0 atom stereocenters. The van der Waals surface area contributed by atoms with Crippen LogP contribution in [0.4, 0.5) is 5.82 Å². The summed E-state index contributed by atoms with van der Waals surface area (Å²) in [5.74, 6) is 2.40. The predicted molar refractivity (Wildman–Crippen MR) is 103 cm³/mol. The van der Waals surface area contributed by atoms with E-state index in [1.807, 2.05) is 61.7 Å². The van der Waals surface area contributed by atoms with E-state index >= 15 is 0 Å². The summed E-state index contributed by atoms with van der Waals surface area (Å²) in [6.07, 6.45) is 0. The molecule has 7 nitrogen and oxygen atoms in total. The highest BCUT2D eigenvalue weighted by Crippen LogP contribution is 2.24. The van der Waals surface area contributed by atoms with E-state index in [2.05, 4.69) is 20.6 Å². The van der Waals surface area contributed by atoms with Crippen LogP contribution in [-0.2, 0) is 6.54 Å². The summed E-state index contributed by atoms with van der Waals surface area (Å²) >= 11 is 0. The highest BCUT2D eigenvalue weighted by Gasteiger charge is 2.12. The summed E-state index contributed by atoms with van der Waals surface area (Å²) in [7, 11) is 1.65. The van der Waals surface area contributed by atoms with Gasteiger partial charge in [0.25, 0.3) is 0 Å². The minimum absolute atomic E-state index is 0.524. The summed E-state index contributed by atoms with van der Waals surface area (Å²) < 4.78 is 12.5. The molecule has 27 heavy (non-hydrogen) atoms. The number of rotatable bonds is 5. The topological polar surface area (TPSA) is 77.5 Å². The van der Waals surface area contributed by atoms with Gasteiger partial charge in [-0.1, -0.05) is 5.16 Å². The van der Waals surface area contributed by atoms with Gasteiger partial charge in [-0.05, 0) is 45.0 Å². The number of benzene rings is 1. The standard InChI is InChI=1S/C20H21N5O2/c1-12-9-19(25-20(22-12)13(2)14(3)23-25)21-11-16-10-18(27-24-16)15-5-7-17(26-4)8-6-15/h5-10,21H,11H2,1-4H3. The Balaban J connectivity index is 1.55. The Bertz CT molecular complexity index is 1100. The quantitative estimate of drug-likeness (QED) is 0.579. The Morgan fingerprint density at radius 3 is 2.63 bits per heavy atom. The Kier molecular flexibility index (Phi) is 4.27. The van der Waals surface area contributed by atoms with Crippen molar-refractivity contribution in [1.29, 1.82) is 0 Å². The van der Waals surface area contributed by atoms with Crippen LogP contribution in [0.25, 0.3) is 17.0 Å². The van der Waals surface area contributed by atoms with E-state index in [0.29, 0.717) is 6.54 Å². The van der Waals surface area contributed by atoms with E-state index in [1.165, 1.54) is 0 Å². The molecule has 0 aliphatic rings. The van der Waals surface area contributed by atoms with E-state index in [0.717, 1.165) is 51.2 Å². The second-order valence-corrected chi connectivity index (χ2v) is 6.49. The monoisotopic (exact) mass is 363 g/mol. The Morgan fingerprint density at radius 1 is 1.11 bits per heavy atom. The first-order valence-electron chi connectivity index (χ1n) is 8.72. The van der Waals surface area contributed by atoms with Crippen LogP contribution in [0.15, 0.2) is 40.9 Å². The second kappa shape index (κ2) is 6.75. The van der Waals surface area contributed by atoms with Crippen LogP contribution in [0.5, 0.6) is 5.75 Å². The first kappa shape index (κ1) is 17.1. The first-order valence-corrected chi connectivity index (χ1v) is 8.72. The minimum Gasteiger partial charge on any atom is -0.497 e. The molecule has 1 N–H and O–H groups in total. The Hall–Kier alpha value is -3.35. The minimum atomic E-state index is 0.524. The highest BCUT2D eigenvalue weighted by atomic mass is 16.5. The van der Waals surface area contributed by atoms with Crippen molar-refractivity contribution in [3.8, 4) is 17.1 Å². The number of ether oxygens (including phenoxy) is 1. The van der Waals surface area contributed by atoms with Gasteiger partial charge in [-0.15, -0.1) is 0 Å². The number of aromatic nitrogens is 4. The molecule has 0 saturated heterocycles. The lowest BCUT2D eigenvalue weighted by Gasteiger charge is -2.07. The molecule has 0 aliphatic carbocycles. The van der Waals surface area contributed by atoms with Crippen molar-refractivity contribution < 1.29 is 9.26 Å². The van der Waals surface area contributed by atoms with Crippen LogP contribution in [0.1, 0.15) is 22.6 Å². The van der Waals surface area contributed by atoms with Crippen molar-refractivity contribution in [2.45, 2.75) is 27.3 Å². The van der Waals surface area contributed by atoms with Gasteiger partial charge in [-0.2, -0.15) is 9.61 Å². The smallest absolute Gasteiger partial charge is 0.167 e. The van der Waals surface area contributed by atoms with Crippen molar-refractivity contribution in [3.63, 3.8) is 0 Å². The van der Waals surface area contributed by atoms with Crippen molar-refractivity contribution in [2.75, 3.05) is 12.4 Å². The Labute approximate surface area is 157 Å². The van der Waals surface area contributed by atoms with E-state index in [9.17, 15) is 0 Å². The summed E-state index contributed by atoms with van der Waals surface area (Å²) in [5, 5.41) is 12.1. The first-order chi connectivity index (χ1) is 13.0. The van der Waals surface area contributed by atoms with Gasteiger partial charge in [0, 0.05) is 29.0 Å². The van der Waals surface area contributed by atoms with Crippen molar-refractivity contribution >= 4 is 11.5 Å². The third-order valence-electron chi connectivity index (χ3n) is 4.57. The Morgan fingerprint density at radius 2 is 1.89 bits per heavy atom. The van der Waals surface area contributed by atoms with Crippen LogP contribution in [0.2, 0.25) is 0 Å². The average molecular weight is 363 g/mol. The zero-order chi connectivity index (χ0) is 19.0. The van der Waals surface area contributed by atoms with Gasteiger partial charge in [0.2, 0.25) is 0 Å². The fourth-order valence-corrected chi connectivity index (χ4v) is 2.94. The molecule has 4 rings (SSSR count). The third kappa shape index (κ3) is 3.23. The van der Waals surface area contributed by atoms with Gasteiger partial charge in [0.05, 0.1) is 19.3 Å². The van der Waals surface area contributed by atoms with Crippen LogP contribution in [0, 0.1) is 20.8 Å². The maximum Gasteiger partial charge on any atom is 0.167 e. The molecule has 3 aromatic heterocycles. The summed E-state index contributed by atoms with van der Waals surface area (Å²) in [5.41, 5.74) is 5.63. The van der Waals surface area contributed by atoms with Crippen molar-refractivity contribution in [1.82, 2.24) is 19.8 Å². The predicted octanol–water partition coefficient (Wildman–Crippen LogP) is 3.93. The zero-order valence-corrected chi connectivity index (χ0v) is 15.8. The maximum absolute atomic E-state index is 5.48. The molecule has 3 heterocycles. The number of methoxy groups -OCH3 is 1. The lowest BCUT2D eigenvalue weighted by molar-refractivity contribution is 0.414. The summed E-state index contributed by atoms with van der Waals surface area (Å²) in [4.78, 5) is 4.59. The SMILES string of the molecule is COc1ccc(-c2cc(CNc3cc(C)nc4c(C)c(C)nn34)no2)cc1. The fraction of sp³-hybridized carbons (Fsp3) is 0.250. The normalized spacial score (nSPS) is 11.1. The molecule has 7 heteroatoms. The molecule has 4 aromatic rings.